The first-order chi connectivity index (χ1) is 12.3. The number of hydrogen-bond donors (Lipinski definition) is 2. The first-order valence-corrected chi connectivity index (χ1v) is 8.37. The Bertz CT molecular complexity index is 804. The van der Waals surface area contributed by atoms with Crippen LogP contribution in [0.1, 0.15) is 24.2 Å². The first-order valence-electron chi connectivity index (χ1n) is 7.99. The molecule has 0 aliphatic rings. The van der Waals surface area contributed by atoms with Gasteiger partial charge in [0.05, 0.1) is 24.9 Å². The van der Waals surface area contributed by atoms with E-state index in [-0.39, 0.29) is 17.7 Å². The fourth-order valence-electron chi connectivity index (χ4n) is 2.14. The van der Waals surface area contributed by atoms with Gasteiger partial charge in [0.2, 0.25) is 5.91 Å². The average Bonchev–Trinajstić information content (AvgIpc) is 2.62. The van der Waals surface area contributed by atoms with Crippen LogP contribution in [0.2, 0.25) is 5.02 Å². The Balaban J connectivity index is 2.15. The highest BCUT2D eigenvalue weighted by Gasteiger charge is 2.14. The van der Waals surface area contributed by atoms with Crippen molar-refractivity contribution in [2.24, 2.45) is 5.92 Å². The van der Waals surface area contributed by atoms with Crippen LogP contribution in [0.4, 0.5) is 11.4 Å². The molecule has 2 aromatic rings. The van der Waals surface area contributed by atoms with Crippen LogP contribution < -0.4 is 20.1 Å². The van der Waals surface area contributed by atoms with Crippen LogP contribution in [0.3, 0.4) is 0 Å². The minimum atomic E-state index is -0.328. The quantitative estimate of drug-likeness (QED) is 0.792. The monoisotopic (exact) mass is 376 g/mol. The Morgan fingerprint density at radius 3 is 2.12 bits per heavy atom. The van der Waals surface area contributed by atoms with Gasteiger partial charge in [-0.05, 0) is 30.3 Å². The highest BCUT2D eigenvalue weighted by atomic mass is 35.5. The summed E-state index contributed by atoms with van der Waals surface area (Å²) in [6.45, 7) is 3.62. The molecule has 0 fully saturated rings. The number of carbonyl (C=O) groups is 2. The molecule has 0 atom stereocenters. The van der Waals surface area contributed by atoms with E-state index in [4.69, 9.17) is 21.1 Å². The number of ether oxygens (including phenoxy) is 2. The van der Waals surface area contributed by atoms with Crippen molar-refractivity contribution in [1.29, 1.82) is 0 Å². The molecular weight excluding hydrogens is 356 g/mol. The smallest absolute Gasteiger partial charge is 0.255 e. The summed E-state index contributed by atoms with van der Waals surface area (Å²) in [6, 6.07) is 9.77. The molecule has 0 aliphatic carbocycles. The SMILES string of the molecule is COc1cc(OC)c(NC(=O)c2ccc(NC(=O)C(C)C)cc2)cc1Cl. The molecule has 0 saturated heterocycles. The van der Waals surface area contributed by atoms with Crippen LogP contribution in [0.25, 0.3) is 0 Å². The molecule has 0 unspecified atom stereocenters. The van der Waals surface area contributed by atoms with Gasteiger partial charge in [-0.1, -0.05) is 25.4 Å². The van der Waals surface area contributed by atoms with E-state index in [2.05, 4.69) is 10.6 Å². The number of hydrogen-bond acceptors (Lipinski definition) is 4. The van der Waals surface area contributed by atoms with E-state index in [0.717, 1.165) is 0 Å². The number of methoxy groups -OCH3 is 2. The number of carbonyl (C=O) groups excluding carboxylic acids is 2. The third-order valence-electron chi connectivity index (χ3n) is 3.66. The number of benzene rings is 2. The van der Waals surface area contributed by atoms with Crippen molar-refractivity contribution < 1.29 is 19.1 Å². The van der Waals surface area contributed by atoms with Crippen LogP contribution in [-0.4, -0.2) is 26.0 Å². The van der Waals surface area contributed by atoms with Gasteiger partial charge in [-0.3, -0.25) is 9.59 Å². The molecule has 2 amide bonds. The highest BCUT2D eigenvalue weighted by Crippen LogP contribution is 2.36. The summed E-state index contributed by atoms with van der Waals surface area (Å²) in [5, 5.41) is 5.89. The fourth-order valence-corrected chi connectivity index (χ4v) is 2.38. The van der Waals surface area contributed by atoms with Crippen LogP contribution in [-0.2, 0) is 4.79 Å². The van der Waals surface area contributed by atoms with E-state index in [1.165, 1.54) is 14.2 Å². The van der Waals surface area contributed by atoms with Crippen molar-refractivity contribution in [1.82, 2.24) is 0 Å². The summed E-state index contributed by atoms with van der Waals surface area (Å²) in [7, 11) is 2.99. The van der Waals surface area contributed by atoms with E-state index in [1.807, 2.05) is 13.8 Å². The zero-order chi connectivity index (χ0) is 19.3. The molecule has 0 bridgehead atoms. The lowest BCUT2D eigenvalue weighted by atomic mass is 10.1. The molecule has 0 aromatic heterocycles. The maximum Gasteiger partial charge on any atom is 0.255 e. The van der Waals surface area contributed by atoms with Gasteiger partial charge in [0.15, 0.2) is 0 Å². The van der Waals surface area contributed by atoms with Crippen LogP contribution in [0.15, 0.2) is 36.4 Å². The van der Waals surface area contributed by atoms with Gasteiger partial charge >= 0.3 is 0 Å². The van der Waals surface area contributed by atoms with Gasteiger partial charge in [0.1, 0.15) is 11.5 Å². The molecule has 2 aromatic carbocycles. The summed E-state index contributed by atoms with van der Waals surface area (Å²) in [5.41, 5.74) is 1.49. The summed E-state index contributed by atoms with van der Waals surface area (Å²) in [4.78, 5) is 24.2. The van der Waals surface area contributed by atoms with E-state index in [0.29, 0.717) is 33.5 Å². The van der Waals surface area contributed by atoms with Crippen LogP contribution in [0.5, 0.6) is 11.5 Å². The van der Waals surface area contributed by atoms with E-state index in [1.54, 1.807) is 36.4 Å². The Hall–Kier alpha value is -2.73. The second-order valence-electron chi connectivity index (χ2n) is 5.86. The number of rotatable bonds is 6. The second-order valence-corrected chi connectivity index (χ2v) is 6.27. The predicted molar refractivity (Wildman–Crippen MR) is 102 cm³/mol. The van der Waals surface area contributed by atoms with E-state index < -0.39 is 0 Å². The van der Waals surface area contributed by atoms with E-state index in [9.17, 15) is 9.59 Å². The third kappa shape index (κ3) is 4.67. The summed E-state index contributed by atoms with van der Waals surface area (Å²) in [5.74, 6) is 0.350. The molecule has 2 rings (SSSR count). The molecule has 7 heteroatoms. The summed E-state index contributed by atoms with van der Waals surface area (Å²) >= 11 is 6.11. The minimum Gasteiger partial charge on any atom is -0.495 e. The molecule has 0 radical (unpaired) electrons. The van der Waals surface area contributed by atoms with Gasteiger partial charge in [0, 0.05) is 23.2 Å². The zero-order valence-corrected chi connectivity index (χ0v) is 15.8. The van der Waals surface area contributed by atoms with Gasteiger partial charge < -0.3 is 20.1 Å². The second kappa shape index (κ2) is 8.58. The number of nitrogens with one attached hydrogen (secondary N) is 2. The van der Waals surface area contributed by atoms with Crippen LogP contribution >= 0.6 is 11.6 Å². The molecule has 0 saturated carbocycles. The lowest BCUT2D eigenvalue weighted by Crippen LogP contribution is -2.18. The van der Waals surface area contributed by atoms with Crippen molar-refractivity contribution in [3.8, 4) is 11.5 Å². The molecule has 0 aliphatic heterocycles. The lowest BCUT2D eigenvalue weighted by Gasteiger charge is -2.13. The van der Waals surface area contributed by atoms with Crippen molar-refractivity contribution in [2.45, 2.75) is 13.8 Å². The molecule has 2 N–H and O–H groups in total. The summed E-state index contributed by atoms with van der Waals surface area (Å²) < 4.78 is 10.4. The topological polar surface area (TPSA) is 76.7 Å². The molecule has 6 nitrogen and oxygen atoms in total. The Morgan fingerprint density at radius 1 is 0.962 bits per heavy atom. The fraction of sp³-hybridized carbons (Fsp3) is 0.263. The number of halogens is 1. The molecule has 0 spiro atoms. The molecule has 138 valence electrons. The Labute approximate surface area is 157 Å². The molecule has 0 heterocycles. The Kier molecular flexibility index (Phi) is 6.46. The van der Waals surface area contributed by atoms with Gasteiger partial charge in [-0.2, -0.15) is 0 Å². The van der Waals surface area contributed by atoms with Gasteiger partial charge in [0.25, 0.3) is 5.91 Å². The largest absolute Gasteiger partial charge is 0.495 e. The van der Waals surface area contributed by atoms with E-state index >= 15 is 0 Å². The summed E-state index contributed by atoms with van der Waals surface area (Å²) in [6.07, 6.45) is 0. The normalized spacial score (nSPS) is 10.4. The first kappa shape index (κ1) is 19.6. The van der Waals surface area contributed by atoms with Gasteiger partial charge in [-0.25, -0.2) is 0 Å². The molecule has 26 heavy (non-hydrogen) atoms. The molecular formula is C19H21ClN2O4. The average molecular weight is 377 g/mol. The van der Waals surface area contributed by atoms with Crippen molar-refractivity contribution >= 4 is 34.8 Å². The maximum absolute atomic E-state index is 12.5. The predicted octanol–water partition coefficient (Wildman–Crippen LogP) is 4.20. The van der Waals surface area contributed by atoms with Crippen molar-refractivity contribution in [2.75, 3.05) is 24.9 Å². The maximum atomic E-state index is 12.5. The standard InChI is InChI=1S/C19H21ClN2O4/c1-11(2)18(23)21-13-7-5-12(6-8-13)19(24)22-15-9-14(20)16(25-3)10-17(15)26-4/h5-11H,1-4H3,(H,21,23)(H,22,24). The minimum absolute atomic E-state index is 0.0835. The number of anilines is 2. The number of amides is 2. The van der Waals surface area contributed by atoms with Gasteiger partial charge in [-0.15, -0.1) is 0 Å². The van der Waals surface area contributed by atoms with Crippen LogP contribution in [0, 0.1) is 5.92 Å². The highest BCUT2D eigenvalue weighted by molar-refractivity contribution is 6.32. The third-order valence-corrected chi connectivity index (χ3v) is 3.96. The lowest BCUT2D eigenvalue weighted by molar-refractivity contribution is -0.118. The Morgan fingerprint density at radius 2 is 1.58 bits per heavy atom. The zero-order valence-electron chi connectivity index (χ0n) is 15.1. The van der Waals surface area contributed by atoms with Crippen molar-refractivity contribution in [3.63, 3.8) is 0 Å². The van der Waals surface area contributed by atoms with Crippen molar-refractivity contribution in [3.05, 3.63) is 47.0 Å².